The van der Waals surface area contributed by atoms with E-state index in [2.05, 4.69) is 27.8 Å². The molecule has 0 bridgehead atoms. The number of carbonyl (C=O) groups is 2. The van der Waals surface area contributed by atoms with Crippen molar-refractivity contribution < 1.29 is 22.8 Å². The van der Waals surface area contributed by atoms with Gasteiger partial charge in [-0.2, -0.15) is 13.2 Å². The van der Waals surface area contributed by atoms with Crippen LogP contribution in [0.25, 0.3) is 10.9 Å². The normalized spacial score (nSPS) is 15.8. The number of hydrogen-bond donors (Lipinski definition) is 3. The molecule has 44 heavy (non-hydrogen) atoms. The van der Waals surface area contributed by atoms with E-state index in [1.807, 2.05) is 55.6 Å². The SMILES string of the molecule is C[C@H](c1c[nH]c2ccccc12)[C@@H](NC(=O)N1CCC(c2ccccc2)CC1)C(=O)Nc1cc(CN(C)C)cc(C(F)(F)F)c1. The van der Waals surface area contributed by atoms with Crippen LogP contribution in [-0.4, -0.2) is 59.9 Å². The number of nitrogens with zero attached hydrogens (tertiary/aromatic N) is 2. The number of likely N-dealkylation sites (tertiary alicyclic amines) is 1. The van der Waals surface area contributed by atoms with Gasteiger partial charge in [0.15, 0.2) is 0 Å². The number of H-pyrrole nitrogens is 1. The van der Waals surface area contributed by atoms with Crippen LogP contribution < -0.4 is 10.6 Å². The number of aromatic nitrogens is 1. The maximum atomic E-state index is 13.9. The van der Waals surface area contributed by atoms with Gasteiger partial charge in [-0.1, -0.05) is 55.5 Å². The van der Waals surface area contributed by atoms with Crippen LogP contribution in [-0.2, 0) is 17.5 Å². The van der Waals surface area contributed by atoms with Crippen molar-refractivity contribution in [2.45, 2.75) is 50.4 Å². The van der Waals surface area contributed by atoms with Crippen LogP contribution in [0.1, 0.15) is 53.9 Å². The predicted octanol–water partition coefficient (Wildman–Crippen LogP) is 6.95. The van der Waals surface area contributed by atoms with Gasteiger partial charge >= 0.3 is 12.2 Å². The molecule has 0 spiro atoms. The molecule has 3 aromatic carbocycles. The minimum atomic E-state index is -4.58. The number of fused-ring (bicyclic) bond motifs is 1. The minimum Gasteiger partial charge on any atom is -0.361 e. The molecular weight excluding hydrogens is 567 g/mol. The molecular formula is C34H38F3N5O2. The summed E-state index contributed by atoms with van der Waals surface area (Å²) in [4.78, 5) is 34.1. The molecule has 1 aliphatic rings. The number of piperidine rings is 1. The van der Waals surface area contributed by atoms with Crippen LogP contribution >= 0.6 is 0 Å². The second-order valence-electron chi connectivity index (χ2n) is 11.8. The number of amides is 3. The van der Waals surface area contributed by atoms with Gasteiger partial charge in [-0.05, 0) is 73.8 Å². The number of carbonyl (C=O) groups excluding carboxylic acids is 2. The van der Waals surface area contributed by atoms with Gasteiger partial charge in [0.1, 0.15) is 6.04 Å². The molecule has 3 amide bonds. The molecule has 5 rings (SSSR count). The first-order valence-electron chi connectivity index (χ1n) is 14.8. The molecule has 1 aliphatic heterocycles. The van der Waals surface area contributed by atoms with Gasteiger partial charge in [-0.25, -0.2) is 4.79 Å². The molecule has 2 heterocycles. The number of anilines is 1. The highest BCUT2D eigenvalue weighted by Gasteiger charge is 2.34. The summed E-state index contributed by atoms with van der Waals surface area (Å²) in [6.07, 6.45) is -1.18. The lowest BCUT2D eigenvalue weighted by molar-refractivity contribution is -0.137. The number of alkyl halides is 3. The van der Waals surface area contributed by atoms with Crippen LogP contribution in [0.5, 0.6) is 0 Å². The molecule has 3 N–H and O–H groups in total. The number of nitrogens with one attached hydrogen (secondary N) is 3. The summed E-state index contributed by atoms with van der Waals surface area (Å²) < 4.78 is 41.3. The van der Waals surface area contributed by atoms with Gasteiger partial charge in [0.25, 0.3) is 0 Å². The van der Waals surface area contributed by atoms with Gasteiger partial charge in [-0.3, -0.25) is 4.79 Å². The lowest BCUT2D eigenvalue weighted by atomic mass is 9.89. The number of hydrogen-bond acceptors (Lipinski definition) is 3. The number of rotatable bonds is 8. The van der Waals surface area contributed by atoms with Gasteiger partial charge in [0.05, 0.1) is 5.56 Å². The lowest BCUT2D eigenvalue weighted by Crippen LogP contribution is -2.53. The molecule has 2 atom stereocenters. The van der Waals surface area contributed by atoms with Crippen molar-refractivity contribution in [3.8, 4) is 0 Å². The summed E-state index contributed by atoms with van der Waals surface area (Å²) in [6, 6.07) is 20.0. The number of urea groups is 1. The smallest absolute Gasteiger partial charge is 0.361 e. The Morgan fingerprint density at radius 3 is 2.36 bits per heavy atom. The van der Waals surface area contributed by atoms with Crippen molar-refractivity contribution in [2.24, 2.45) is 0 Å². The van der Waals surface area contributed by atoms with Crippen molar-refractivity contribution in [3.63, 3.8) is 0 Å². The predicted molar refractivity (Wildman–Crippen MR) is 166 cm³/mol. The minimum absolute atomic E-state index is 0.0238. The number of halogens is 3. The second kappa shape index (κ2) is 13.1. The van der Waals surface area contributed by atoms with E-state index in [9.17, 15) is 22.8 Å². The third-order valence-corrected chi connectivity index (χ3v) is 8.31. The highest BCUT2D eigenvalue weighted by molar-refractivity contribution is 5.98. The maximum absolute atomic E-state index is 13.9. The molecule has 4 aromatic rings. The average Bonchev–Trinajstić information content (AvgIpc) is 3.43. The Labute approximate surface area is 255 Å². The van der Waals surface area contributed by atoms with E-state index >= 15 is 0 Å². The van der Waals surface area contributed by atoms with E-state index in [4.69, 9.17) is 0 Å². The highest BCUT2D eigenvalue weighted by atomic mass is 19.4. The monoisotopic (exact) mass is 605 g/mol. The summed E-state index contributed by atoms with van der Waals surface area (Å²) in [6.45, 7) is 3.16. The van der Waals surface area contributed by atoms with Crippen molar-refractivity contribution in [1.82, 2.24) is 20.1 Å². The van der Waals surface area contributed by atoms with E-state index in [-0.39, 0.29) is 18.3 Å². The Hall–Kier alpha value is -4.31. The molecule has 0 unspecified atom stereocenters. The van der Waals surface area contributed by atoms with Crippen LogP contribution in [0.15, 0.2) is 79.0 Å². The molecule has 1 fully saturated rings. The van der Waals surface area contributed by atoms with Crippen molar-refractivity contribution in [1.29, 1.82) is 0 Å². The molecule has 1 aromatic heterocycles. The standard InChI is InChI=1S/C34H38F3N5O2/c1-22(29-20-38-30-12-8-7-11-28(29)30)31(40-33(44)42-15-13-25(14-16-42)24-9-5-4-6-10-24)32(43)39-27-18-23(21-41(2)3)17-26(19-27)34(35,36)37/h4-12,17-20,22,25,31,38H,13-16,21H2,1-3H3,(H,39,43)(H,40,44)/t22-,31-/m1/s1. The molecule has 10 heteroatoms. The molecule has 0 saturated carbocycles. The van der Waals surface area contributed by atoms with Crippen LogP contribution in [0.2, 0.25) is 0 Å². The van der Waals surface area contributed by atoms with Gasteiger partial charge in [-0.15, -0.1) is 0 Å². The third kappa shape index (κ3) is 7.24. The van der Waals surface area contributed by atoms with Crippen LogP contribution in [0, 0.1) is 0 Å². The van der Waals surface area contributed by atoms with Crippen LogP contribution in [0.3, 0.4) is 0 Å². The quantitative estimate of drug-likeness (QED) is 0.203. The summed E-state index contributed by atoms with van der Waals surface area (Å²) in [5, 5.41) is 6.54. The Bertz CT molecular complexity index is 1590. The summed E-state index contributed by atoms with van der Waals surface area (Å²) >= 11 is 0. The van der Waals surface area contributed by atoms with E-state index in [0.717, 1.165) is 41.4 Å². The fourth-order valence-corrected chi connectivity index (χ4v) is 6.04. The summed E-state index contributed by atoms with van der Waals surface area (Å²) in [5.41, 5.74) is 2.53. The first kappa shape index (κ1) is 31.1. The fourth-order valence-electron chi connectivity index (χ4n) is 6.04. The maximum Gasteiger partial charge on any atom is 0.416 e. The third-order valence-electron chi connectivity index (χ3n) is 8.31. The topological polar surface area (TPSA) is 80.5 Å². The van der Waals surface area contributed by atoms with Crippen LogP contribution in [0.4, 0.5) is 23.7 Å². The largest absolute Gasteiger partial charge is 0.416 e. The van der Waals surface area contributed by atoms with Crippen molar-refractivity contribution in [3.05, 3.63) is 101 Å². The van der Waals surface area contributed by atoms with Gasteiger partial charge in [0, 0.05) is 48.3 Å². The zero-order chi connectivity index (χ0) is 31.4. The fraction of sp³-hybridized carbons (Fsp3) is 0.353. The van der Waals surface area contributed by atoms with Gasteiger partial charge in [0.2, 0.25) is 5.91 Å². The first-order valence-corrected chi connectivity index (χ1v) is 14.8. The van der Waals surface area contributed by atoms with E-state index in [1.54, 1.807) is 23.9 Å². The molecule has 7 nitrogen and oxygen atoms in total. The summed E-state index contributed by atoms with van der Waals surface area (Å²) in [7, 11) is 3.52. The lowest BCUT2D eigenvalue weighted by Gasteiger charge is -2.34. The average molecular weight is 606 g/mol. The van der Waals surface area contributed by atoms with Gasteiger partial charge < -0.3 is 25.4 Å². The zero-order valence-electron chi connectivity index (χ0n) is 25.1. The van der Waals surface area contributed by atoms with E-state index in [0.29, 0.717) is 24.6 Å². The highest BCUT2D eigenvalue weighted by Crippen LogP contribution is 2.34. The Balaban J connectivity index is 1.39. The molecule has 232 valence electrons. The summed E-state index contributed by atoms with van der Waals surface area (Å²) in [5.74, 6) is -0.740. The molecule has 0 aliphatic carbocycles. The number of aromatic amines is 1. The second-order valence-corrected chi connectivity index (χ2v) is 11.8. The first-order chi connectivity index (χ1) is 21.0. The Morgan fingerprint density at radius 2 is 1.68 bits per heavy atom. The van der Waals surface area contributed by atoms with Crippen molar-refractivity contribution >= 4 is 28.5 Å². The zero-order valence-corrected chi connectivity index (χ0v) is 25.1. The van der Waals surface area contributed by atoms with E-state index in [1.165, 1.54) is 11.6 Å². The molecule has 1 saturated heterocycles. The Kier molecular flexibility index (Phi) is 9.29. The number of para-hydroxylation sites is 1. The van der Waals surface area contributed by atoms with Crippen molar-refractivity contribution in [2.75, 3.05) is 32.5 Å². The Morgan fingerprint density at radius 1 is 1.00 bits per heavy atom. The molecule has 0 radical (unpaired) electrons. The van der Waals surface area contributed by atoms with E-state index < -0.39 is 29.6 Å². The number of benzene rings is 3.